The number of likely N-dealkylation sites (N-methyl/N-ethyl adjacent to an activating group) is 1. The Balaban J connectivity index is 1.74. The van der Waals surface area contributed by atoms with Gasteiger partial charge in [-0.25, -0.2) is 0 Å². The minimum atomic E-state index is -0.212. The van der Waals surface area contributed by atoms with Crippen molar-refractivity contribution in [2.45, 2.75) is 39.8 Å². The SMILES string of the molecule is Cc1ccccc1CN(C)CC(=O)N1CCN(CC(=O)NC(C)(C)C)CC1. The maximum atomic E-state index is 12.6. The predicted octanol–water partition coefficient (Wildman–Crippen LogP) is 1.49. The predicted molar refractivity (Wildman–Crippen MR) is 108 cm³/mol. The van der Waals surface area contributed by atoms with Gasteiger partial charge in [0.15, 0.2) is 0 Å². The van der Waals surface area contributed by atoms with Crippen molar-refractivity contribution < 1.29 is 9.59 Å². The number of hydrogen-bond acceptors (Lipinski definition) is 4. The van der Waals surface area contributed by atoms with Crippen molar-refractivity contribution >= 4 is 11.8 Å². The monoisotopic (exact) mass is 374 g/mol. The molecule has 0 atom stereocenters. The van der Waals surface area contributed by atoms with Crippen LogP contribution in [-0.2, 0) is 16.1 Å². The number of nitrogens with one attached hydrogen (secondary N) is 1. The average Bonchev–Trinajstić information content (AvgIpc) is 2.55. The van der Waals surface area contributed by atoms with Crippen molar-refractivity contribution in [3.05, 3.63) is 35.4 Å². The Morgan fingerprint density at radius 2 is 1.74 bits per heavy atom. The van der Waals surface area contributed by atoms with E-state index in [9.17, 15) is 9.59 Å². The summed E-state index contributed by atoms with van der Waals surface area (Å²) in [5.74, 6) is 0.199. The fourth-order valence-electron chi connectivity index (χ4n) is 3.28. The van der Waals surface area contributed by atoms with Gasteiger partial charge in [0, 0.05) is 38.3 Å². The number of carbonyl (C=O) groups is 2. The van der Waals surface area contributed by atoms with Crippen molar-refractivity contribution in [3.8, 4) is 0 Å². The van der Waals surface area contributed by atoms with Gasteiger partial charge in [0.1, 0.15) is 0 Å². The molecule has 0 spiro atoms. The number of amides is 2. The number of aryl methyl sites for hydroxylation is 1. The van der Waals surface area contributed by atoms with Gasteiger partial charge in [0.05, 0.1) is 13.1 Å². The van der Waals surface area contributed by atoms with Crippen LogP contribution in [0.4, 0.5) is 0 Å². The molecule has 0 aliphatic carbocycles. The maximum Gasteiger partial charge on any atom is 0.236 e. The highest BCUT2D eigenvalue weighted by Crippen LogP contribution is 2.10. The number of nitrogens with zero attached hydrogens (tertiary/aromatic N) is 3. The molecule has 6 heteroatoms. The molecule has 150 valence electrons. The summed E-state index contributed by atoms with van der Waals surface area (Å²) in [6.07, 6.45) is 0. The fourth-order valence-corrected chi connectivity index (χ4v) is 3.28. The Kier molecular flexibility index (Phi) is 7.39. The molecule has 1 heterocycles. The van der Waals surface area contributed by atoms with Crippen molar-refractivity contribution in [2.24, 2.45) is 0 Å². The zero-order valence-electron chi connectivity index (χ0n) is 17.4. The van der Waals surface area contributed by atoms with E-state index < -0.39 is 0 Å². The second-order valence-electron chi connectivity index (χ2n) is 8.55. The lowest BCUT2D eigenvalue weighted by Gasteiger charge is -2.35. The quantitative estimate of drug-likeness (QED) is 0.820. The number of piperazine rings is 1. The summed E-state index contributed by atoms with van der Waals surface area (Å²) in [6.45, 7) is 12.5. The van der Waals surface area contributed by atoms with Gasteiger partial charge in [-0.05, 0) is 45.9 Å². The van der Waals surface area contributed by atoms with Crippen LogP contribution < -0.4 is 5.32 Å². The highest BCUT2D eigenvalue weighted by Gasteiger charge is 2.24. The largest absolute Gasteiger partial charge is 0.350 e. The summed E-state index contributed by atoms with van der Waals surface area (Å²) in [7, 11) is 1.98. The van der Waals surface area contributed by atoms with E-state index in [1.807, 2.05) is 44.9 Å². The Bertz CT molecular complexity index is 646. The summed E-state index contributed by atoms with van der Waals surface area (Å²) in [4.78, 5) is 30.7. The first-order chi connectivity index (χ1) is 12.6. The van der Waals surface area contributed by atoms with Crippen molar-refractivity contribution in [1.82, 2.24) is 20.0 Å². The maximum absolute atomic E-state index is 12.6. The van der Waals surface area contributed by atoms with E-state index in [1.165, 1.54) is 11.1 Å². The van der Waals surface area contributed by atoms with Gasteiger partial charge in [-0.2, -0.15) is 0 Å². The lowest BCUT2D eigenvalue weighted by molar-refractivity contribution is -0.134. The molecule has 1 aliphatic rings. The topological polar surface area (TPSA) is 55.9 Å². The van der Waals surface area contributed by atoms with E-state index in [4.69, 9.17) is 0 Å². The van der Waals surface area contributed by atoms with Crippen molar-refractivity contribution in [1.29, 1.82) is 0 Å². The van der Waals surface area contributed by atoms with E-state index in [1.54, 1.807) is 0 Å². The van der Waals surface area contributed by atoms with Gasteiger partial charge in [0.25, 0.3) is 0 Å². The van der Waals surface area contributed by atoms with E-state index in [-0.39, 0.29) is 17.4 Å². The lowest BCUT2D eigenvalue weighted by atomic mass is 10.1. The molecule has 1 aromatic carbocycles. The standard InChI is InChI=1S/C21H34N4O2/c1-17-8-6-7-9-18(17)14-23(5)16-20(27)25-12-10-24(11-13-25)15-19(26)22-21(2,3)4/h6-9H,10-16H2,1-5H3,(H,22,26). The minimum absolute atomic E-state index is 0.0419. The molecule has 0 aromatic heterocycles. The molecular weight excluding hydrogens is 340 g/mol. The zero-order chi connectivity index (χ0) is 20.0. The van der Waals surface area contributed by atoms with E-state index in [2.05, 4.69) is 34.2 Å². The first-order valence-corrected chi connectivity index (χ1v) is 9.68. The molecule has 6 nitrogen and oxygen atoms in total. The molecule has 27 heavy (non-hydrogen) atoms. The molecular formula is C21H34N4O2. The summed E-state index contributed by atoms with van der Waals surface area (Å²) < 4.78 is 0. The third-order valence-electron chi connectivity index (χ3n) is 4.71. The molecule has 2 amide bonds. The molecule has 2 rings (SSSR count). The summed E-state index contributed by atoms with van der Waals surface area (Å²) in [6, 6.07) is 8.27. The van der Waals surface area contributed by atoms with E-state index >= 15 is 0 Å². The van der Waals surface area contributed by atoms with E-state index in [0.717, 1.165) is 19.6 Å². The van der Waals surface area contributed by atoms with Crippen LogP contribution in [0.25, 0.3) is 0 Å². The lowest BCUT2D eigenvalue weighted by Crippen LogP contribution is -2.54. The first-order valence-electron chi connectivity index (χ1n) is 9.68. The molecule has 0 bridgehead atoms. The molecule has 1 fully saturated rings. The summed E-state index contributed by atoms with van der Waals surface area (Å²) >= 11 is 0. The zero-order valence-corrected chi connectivity index (χ0v) is 17.4. The number of hydrogen-bond donors (Lipinski definition) is 1. The van der Waals surface area contributed by atoms with Crippen LogP contribution in [0.2, 0.25) is 0 Å². The first kappa shape index (κ1) is 21.4. The van der Waals surface area contributed by atoms with Crippen LogP contribution in [0.5, 0.6) is 0 Å². The van der Waals surface area contributed by atoms with Crippen LogP contribution in [0.3, 0.4) is 0 Å². The van der Waals surface area contributed by atoms with Gasteiger partial charge in [-0.1, -0.05) is 24.3 Å². The summed E-state index contributed by atoms with van der Waals surface area (Å²) in [5, 5.41) is 2.99. The number of carbonyl (C=O) groups excluding carboxylic acids is 2. The highest BCUT2D eigenvalue weighted by atomic mass is 16.2. The van der Waals surface area contributed by atoms with Gasteiger partial charge >= 0.3 is 0 Å². The molecule has 0 unspecified atom stereocenters. The van der Waals surface area contributed by atoms with Gasteiger partial charge in [-0.3, -0.25) is 19.4 Å². The number of benzene rings is 1. The molecule has 1 aliphatic heterocycles. The van der Waals surface area contributed by atoms with Crippen LogP contribution in [0.15, 0.2) is 24.3 Å². The van der Waals surface area contributed by atoms with Crippen LogP contribution >= 0.6 is 0 Å². The smallest absolute Gasteiger partial charge is 0.236 e. The second-order valence-corrected chi connectivity index (χ2v) is 8.55. The second kappa shape index (κ2) is 9.33. The van der Waals surface area contributed by atoms with Gasteiger partial charge in [-0.15, -0.1) is 0 Å². The highest BCUT2D eigenvalue weighted by molar-refractivity contribution is 5.79. The van der Waals surface area contributed by atoms with Crippen LogP contribution in [-0.4, -0.2) is 78.4 Å². The van der Waals surface area contributed by atoms with Crippen LogP contribution in [0, 0.1) is 6.92 Å². The Morgan fingerprint density at radius 3 is 2.33 bits per heavy atom. The Labute approximate surface area is 163 Å². The average molecular weight is 375 g/mol. The molecule has 1 aromatic rings. The molecule has 0 saturated carbocycles. The number of rotatable bonds is 6. The fraction of sp³-hybridized carbons (Fsp3) is 0.619. The van der Waals surface area contributed by atoms with Gasteiger partial charge in [0.2, 0.25) is 11.8 Å². The van der Waals surface area contributed by atoms with Crippen LogP contribution in [0.1, 0.15) is 31.9 Å². The molecule has 1 saturated heterocycles. The van der Waals surface area contributed by atoms with Crippen molar-refractivity contribution in [3.63, 3.8) is 0 Å². The third kappa shape index (κ3) is 7.31. The Morgan fingerprint density at radius 1 is 1.11 bits per heavy atom. The minimum Gasteiger partial charge on any atom is -0.350 e. The van der Waals surface area contributed by atoms with E-state index in [0.29, 0.717) is 26.2 Å². The normalized spacial score (nSPS) is 15.9. The molecule has 1 N–H and O–H groups in total. The third-order valence-corrected chi connectivity index (χ3v) is 4.71. The van der Waals surface area contributed by atoms with Gasteiger partial charge < -0.3 is 10.2 Å². The molecule has 0 radical (unpaired) electrons. The summed E-state index contributed by atoms with van der Waals surface area (Å²) in [5.41, 5.74) is 2.29. The van der Waals surface area contributed by atoms with Crippen molar-refractivity contribution in [2.75, 3.05) is 46.3 Å². The Hall–Kier alpha value is -1.92.